The van der Waals surface area contributed by atoms with Gasteiger partial charge in [-0.1, -0.05) is 6.92 Å². The molecule has 21 heavy (non-hydrogen) atoms. The van der Waals surface area contributed by atoms with Crippen molar-refractivity contribution in [2.75, 3.05) is 18.4 Å². The zero-order valence-electron chi connectivity index (χ0n) is 12.0. The predicted octanol–water partition coefficient (Wildman–Crippen LogP) is 3.22. The summed E-state index contributed by atoms with van der Waals surface area (Å²) in [6.07, 6.45) is 4.06. The molecule has 112 valence electrons. The summed E-state index contributed by atoms with van der Waals surface area (Å²) in [7, 11) is 0. The Hall–Kier alpha value is -1.66. The van der Waals surface area contributed by atoms with E-state index in [2.05, 4.69) is 22.1 Å². The number of hydrogen-bond donors (Lipinski definition) is 1. The van der Waals surface area contributed by atoms with Crippen molar-refractivity contribution in [1.29, 1.82) is 0 Å². The van der Waals surface area contributed by atoms with Crippen molar-refractivity contribution in [3.8, 4) is 0 Å². The van der Waals surface area contributed by atoms with E-state index in [1.54, 1.807) is 12.1 Å². The largest absolute Gasteiger partial charge is 0.459 e. The number of carbonyl (C=O) groups is 1. The van der Waals surface area contributed by atoms with Gasteiger partial charge in [-0.15, -0.1) is 11.3 Å². The predicted molar refractivity (Wildman–Crippen MR) is 82.5 cm³/mol. The van der Waals surface area contributed by atoms with Crippen LogP contribution in [0.25, 0.3) is 0 Å². The molecule has 1 N–H and O–H groups in total. The zero-order valence-corrected chi connectivity index (χ0v) is 12.9. The second-order valence-corrected chi connectivity index (χ2v) is 6.42. The topological polar surface area (TPSA) is 58.4 Å². The highest BCUT2D eigenvalue weighted by atomic mass is 32.1. The maximum absolute atomic E-state index is 11.9. The molecule has 2 aromatic rings. The van der Waals surface area contributed by atoms with Crippen molar-refractivity contribution >= 4 is 22.4 Å². The molecule has 3 heterocycles. The number of furan rings is 1. The Labute approximate surface area is 128 Å². The lowest BCUT2D eigenvalue weighted by atomic mass is 10.0. The first kappa shape index (κ1) is 14.3. The highest BCUT2D eigenvalue weighted by Gasteiger charge is 2.18. The van der Waals surface area contributed by atoms with Gasteiger partial charge in [0, 0.05) is 18.5 Å². The Morgan fingerprint density at radius 2 is 2.52 bits per heavy atom. The van der Waals surface area contributed by atoms with Crippen molar-refractivity contribution in [1.82, 2.24) is 9.88 Å². The third-order valence-corrected chi connectivity index (χ3v) is 4.45. The molecule has 0 aromatic carbocycles. The summed E-state index contributed by atoms with van der Waals surface area (Å²) in [6, 6.07) is 3.33. The van der Waals surface area contributed by atoms with Gasteiger partial charge in [-0.3, -0.25) is 15.0 Å². The summed E-state index contributed by atoms with van der Waals surface area (Å²) < 4.78 is 5.06. The first-order valence-corrected chi connectivity index (χ1v) is 8.10. The van der Waals surface area contributed by atoms with E-state index in [1.807, 2.05) is 5.38 Å². The van der Waals surface area contributed by atoms with E-state index in [9.17, 15) is 4.79 Å². The van der Waals surface area contributed by atoms with Gasteiger partial charge in [0.2, 0.25) is 0 Å². The molecule has 3 rings (SSSR count). The van der Waals surface area contributed by atoms with Crippen LogP contribution in [-0.2, 0) is 6.54 Å². The third kappa shape index (κ3) is 3.71. The maximum Gasteiger partial charge on any atom is 0.293 e. The Morgan fingerprint density at radius 3 is 3.29 bits per heavy atom. The molecule has 1 atom stereocenters. The fourth-order valence-corrected chi connectivity index (χ4v) is 3.36. The molecule has 2 aromatic heterocycles. The quantitative estimate of drug-likeness (QED) is 0.942. The minimum Gasteiger partial charge on any atom is -0.459 e. The Balaban J connectivity index is 1.57. The summed E-state index contributed by atoms with van der Waals surface area (Å²) in [5, 5.41) is 5.40. The summed E-state index contributed by atoms with van der Waals surface area (Å²) in [4.78, 5) is 18.8. The number of aromatic nitrogens is 1. The molecule has 0 spiro atoms. The molecule has 0 bridgehead atoms. The monoisotopic (exact) mass is 305 g/mol. The smallest absolute Gasteiger partial charge is 0.293 e. The van der Waals surface area contributed by atoms with Crippen molar-refractivity contribution in [2.45, 2.75) is 26.3 Å². The fourth-order valence-electron chi connectivity index (χ4n) is 2.66. The zero-order chi connectivity index (χ0) is 14.7. The van der Waals surface area contributed by atoms with Crippen LogP contribution in [0.5, 0.6) is 0 Å². The average molecular weight is 305 g/mol. The van der Waals surface area contributed by atoms with Gasteiger partial charge in [-0.25, -0.2) is 4.98 Å². The van der Waals surface area contributed by atoms with E-state index in [1.165, 1.54) is 30.4 Å². The molecular formula is C15H19N3O2S. The van der Waals surface area contributed by atoms with Gasteiger partial charge < -0.3 is 4.42 Å². The maximum atomic E-state index is 11.9. The van der Waals surface area contributed by atoms with E-state index < -0.39 is 0 Å². The van der Waals surface area contributed by atoms with Crippen LogP contribution in [0.2, 0.25) is 0 Å². The summed E-state index contributed by atoms with van der Waals surface area (Å²) in [6.45, 7) is 5.42. The molecule has 0 saturated carbocycles. The lowest BCUT2D eigenvalue weighted by Crippen LogP contribution is -2.33. The number of thiazole rings is 1. The molecule has 1 aliphatic rings. The minimum absolute atomic E-state index is 0.257. The number of hydrogen-bond acceptors (Lipinski definition) is 5. The van der Waals surface area contributed by atoms with E-state index >= 15 is 0 Å². The van der Waals surface area contributed by atoms with Gasteiger partial charge in [0.1, 0.15) is 0 Å². The van der Waals surface area contributed by atoms with E-state index in [0.717, 1.165) is 31.2 Å². The molecule has 1 unspecified atom stereocenters. The van der Waals surface area contributed by atoms with Crippen LogP contribution in [0, 0.1) is 5.92 Å². The van der Waals surface area contributed by atoms with Crippen LogP contribution >= 0.6 is 11.3 Å². The number of nitrogens with one attached hydrogen (secondary N) is 1. The lowest BCUT2D eigenvalue weighted by molar-refractivity contribution is 0.0996. The Bertz CT molecular complexity index is 594. The molecule has 1 fully saturated rings. The van der Waals surface area contributed by atoms with Crippen LogP contribution in [-0.4, -0.2) is 28.9 Å². The number of carbonyl (C=O) groups excluding carboxylic acids is 1. The third-order valence-electron chi connectivity index (χ3n) is 3.64. The van der Waals surface area contributed by atoms with Gasteiger partial charge in [0.05, 0.1) is 12.0 Å². The van der Waals surface area contributed by atoms with Crippen LogP contribution in [0.15, 0.2) is 28.2 Å². The van der Waals surface area contributed by atoms with Crippen molar-refractivity contribution in [2.24, 2.45) is 5.92 Å². The van der Waals surface area contributed by atoms with Crippen molar-refractivity contribution in [3.05, 3.63) is 35.2 Å². The summed E-state index contributed by atoms with van der Waals surface area (Å²) in [5.74, 6) is 0.805. The van der Waals surface area contributed by atoms with Crippen molar-refractivity contribution in [3.63, 3.8) is 0 Å². The minimum atomic E-state index is -0.257. The fraction of sp³-hybridized carbons (Fsp3) is 0.467. The number of amides is 1. The molecular weight excluding hydrogens is 286 g/mol. The van der Waals surface area contributed by atoms with E-state index in [-0.39, 0.29) is 5.91 Å². The standard InChI is InChI=1S/C15H19N3O2S/c1-11-4-2-6-18(8-11)9-12-10-21-15(16-12)17-14(19)13-5-3-7-20-13/h3,5,7,10-11H,2,4,6,8-9H2,1H3,(H,16,17,19). The van der Waals surface area contributed by atoms with Gasteiger partial charge >= 0.3 is 0 Å². The second kappa shape index (κ2) is 6.41. The molecule has 0 aliphatic carbocycles. The van der Waals surface area contributed by atoms with Gasteiger partial charge in [0.15, 0.2) is 10.9 Å². The molecule has 1 amide bonds. The molecule has 5 nitrogen and oxygen atoms in total. The molecule has 6 heteroatoms. The number of likely N-dealkylation sites (tertiary alicyclic amines) is 1. The summed E-state index contributed by atoms with van der Waals surface area (Å²) >= 11 is 1.45. The lowest BCUT2D eigenvalue weighted by Gasteiger charge is -2.30. The average Bonchev–Trinajstić information content (AvgIpc) is 3.10. The van der Waals surface area contributed by atoms with Crippen LogP contribution in [0.3, 0.4) is 0 Å². The number of piperidine rings is 1. The number of anilines is 1. The van der Waals surface area contributed by atoms with Crippen molar-refractivity contribution < 1.29 is 9.21 Å². The first-order valence-electron chi connectivity index (χ1n) is 7.22. The number of rotatable bonds is 4. The normalized spacial score (nSPS) is 19.6. The van der Waals surface area contributed by atoms with Gasteiger partial charge in [-0.05, 0) is 37.4 Å². The van der Waals surface area contributed by atoms with E-state index in [4.69, 9.17) is 4.42 Å². The Morgan fingerprint density at radius 1 is 1.62 bits per heavy atom. The van der Waals surface area contributed by atoms with Gasteiger partial charge in [-0.2, -0.15) is 0 Å². The number of nitrogens with zero attached hydrogens (tertiary/aromatic N) is 2. The molecule has 1 aliphatic heterocycles. The first-order chi connectivity index (χ1) is 10.2. The SMILES string of the molecule is CC1CCCN(Cc2csc(NC(=O)c3ccco3)n2)C1. The van der Waals surface area contributed by atoms with Crippen LogP contribution in [0.1, 0.15) is 36.0 Å². The Kier molecular flexibility index (Phi) is 4.36. The highest BCUT2D eigenvalue weighted by Crippen LogP contribution is 2.21. The molecule has 1 saturated heterocycles. The molecule has 0 radical (unpaired) electrons. The summed E-state index contributed by atoms with van der Waals surface area (Å²) in [5.41, 5.74) is 1.02. The van der Waals surface area contributed by atoms with Gasteiger partial charge in [0.25, 0.3) is 5.91 Å². The van der Waals surface area contributed by atoms with Crippen LogP contribution < -0.4 is 5.32 Å². The second-order valence-electron chi connectivity index (χ2n) is 5.56. The highest BCUT2D eigenvalue weighted by molar-refractivity contribution is 7.13. The van der Waals surface area contributed by atoms with Crippen LogP contribution in [0.4, 0.5) is 5.13 Å². The van der Waals surface area contributed by atoms with E-state index in [0.29, 0.717) is 10.9 Å².